The molecule has 2 heteroatoms. The monoisotopic (exact) mass is 230 g/mol. The maximum Gasteiger partial charge on any atom is 0.0319 e. The average Bonchev–Trinajstić information content (AvgIpc) is 2.63. The van der Waals surface area contributed by atoms with Crippen molar-refractivity contribution in [3.8, 4) is 0 Å². The Morgan fingerprint density at radius 1 is 1.40 bits per heavy atom. The van der Waals surface area contributed by atoms with Gasteiger partial charge in [0.25, 0.3) is 0 Å². The first-order valence-corrected chi connectivity index (χ1v) is 6.98. The molecule has 1 N–H and O–H groups in total. The van der Waals surface area contributed by atoms with Gasteiger partial charge in [0, 0.05) is 7.11 Å². The Bertz CT molecular complexity index is 170. The minimum absolute atomic E-state index is 0.753. The highest BCUT2D eigenvalue weighted by molar-refractivity contribution is 7.99. The van der Waals surface area contributed by atoms with E-state index in [1.165, 1.54) is 37.2 Å². The first kappa shape index (κ1) is 15.0. The minimum Gasteiger partial charge on any atom is -0.400 e. The fourth-order valence-electron chi connectivity index (χ4n) is 2.52. The molecule has 1 saturated heterocycles. The third kappa shape index (κ3) is 4.60. The van der Waals surface area contributed by atoms with Gasteiger partial charge >= 0.3 is 0 Å². The molecule has 0 bridgehead atoms. The molecule has 0 aromatic heterocycles. The van der Waals surface area contributed by atoms with Crippen LogP contribution < -0.4 is 0 Å². The fraction of sp³-hybridized carbons (Fsp3) is 0.846. The van der Waals surface area contributed by atoms with Gasteiger partial charge in [-0.25, -0.2) is 0 Å². The molecule has 2 unspecified atom stereocenters. The predicted molar refractivity (Wildman–Crippen MR) is 71.4 cm³/mol. The number of rotatable bonds is 0. The molecule has 1 aliphatic carbocycles. The zero-order valence-electron chi connectivity index (χ0n) is 10.5. The molecule has 90 valence electrons. The van der Waals surface area contributed by atoms with E-state index in [1.54, 1.807) is 6.08 Å². The highest BCUT2D eigenvalue weighted by Gasteiger charge is 2.40. The number of hydrogen-bond donors (Lipinski definition) is 1. The number of aliphatic hydroxyl groups is 1. The van der Waals surface area contributed by atoms with Gasteiger partial charge in [-0.2, -0.15) is 11.8 Å². The van der Waals surface area contributed by atoms with Crippen LogP contribution in [0.1, 0.15) is 39.5 Å². The van der Waals surface area contributed by atoms with Crippen LogP contribution in [-0.4, -0.2) is 23.7 Å². The van der Waals surface area contributed by atoms with Crippen LogP contribution in [0, 0.1) is 11.3 Å². The van der Waals surface area contributed by atoms with E-state index in [0.29, 0.717) is 0 Å². The molecule has 0 aromatic rings. The summed E-state index contributed by atoms with van der Waals surface area (Å²) in [7, 11) is 1.00. The van der Waals surface area contributed by atoms with Crippen molar-refractivity contribution in [3.05, 3.63) is 12.7 Å². The van der Waals surface area contributed by atoms with Gasteiger partial charge in [0.2, 0.25) is 0 Å². The summed E-state index contributed by atoms with van der Waals surface area (Å²) in [6, 6.07) is 0. The number of aliphatic hydroxyl groups excluding tert-OH is 1. The molecular weight excluding hydrogens is 204 g/mol. The Hall–Kier alpha value is 0.0500. The van der Waals surface area contributed by atoms with Gasteiger partial charge in [-0.1, -0.05) is 19.4 Å². The lowest BCUT2D eigenvalue weighted by atomic mass is 9.80. The van der Waals surface area contributed by atoms with Crippen LogP contribution in [-0.2, 0) is 0 Å². The lowest BCUT2D eigenvalue weighted by molar-refractivity contribution is 0.254. The molecule has 1 heterocycles. The Morgan fingerprint density at radius 2 is 2.00 bits per heavy atom. The van der Waals surface area contributed by atoms with Crippen molar-refractivity contribution in [2.24, 2.45) is 11.3 Å². The van der Waals surface area contributed by atoms with Gasteiger partial charge in [-0.3, -0.25) is 0 Å². The highest BCUT2D eigenvalue weighted by Crippen LogP contribution is 2.50. The molecule has 0 spiro atoms. The van der Waals surface area contributed by atoms with E-state index in [-0.39, 0.29) is 0 Å². The van der Waals surface area contributed by atoms with Crippen LogP contribution in [0.4, 0.5) is 0 Å². The average molecular weight is 230 g/mol. The summed E-state index contributed by atoms with van der Waals surface area (Å²) in [6.07, 6.45) is 7.78. The second kappa shape index (κ2) is 8.23. The Balaban J connectivity index is 0.000000342. The van der Waals surface area contributed by atoms with Crippen LogP contribution in [0.3, 0.4) is 0 Å². The van der Waals surface area contributed by atoms with Crippen LogP contribution in [0.25, 0.3) is 0 Å². The predicted octanol–water partition coefficient (Wildman–Crippen LogP) is 3.73. The smallest absolute Gasteiger partial charge is 0.0319 e. The summed E-state index contributed by atoms with van der Waals surface area (Å²) < 4.78 is 0. The van der Waals surface area contributed by atoms with E-state index >= 15 is 0 Å². The van der Waals surface area contributed by atoms with Crippen LogP contribution in [0.2, 0.25) is 0 Å². The Morgan fingerprint density at radius 3 is 2.53 bits per heavy atom. The lowest BCUT2D eigenvalue weighted by Gasteiger charge is -2.35. The summed E-state index contributed by atoms with van der Waals surface area (Å²) in [4.78, 5) is 0. The molecule has 0 aromatic carbocycles. The molecule has 1 saturated carbocycles. The molecule has 2 fully saturated rings. The molecule has 15 heavy (non-hydrogen) atoms. The van der Waals surface area contributed by atoms with Crippen molar-refractivity contribution in [1.82, 2.24) is 0 Å². The SMILES string of the molecule is C=CC.CC12CCCC1CCSC2.CO. The van der Waals surface area contributed by atoms with E-state index in [2.05, 4.69) is 25.3 Å². The van der Waals surface area contributed by atoms with Gasteiger partial charge in [-0.05, 0) is 49.0 Å². The molecule has 0 amide bonds. The minimum atomic E-state index is 0.753. The molecule has 2 rings (SSSR count). The summed E-state index contributed by atoms with van der Waals surface area (Å²) in [5.41, 5.74) is 0.753. The van der Waals surface area contributed by atoms with Crippen molar-refractivity contribution in [2.75, 3.05) is 18.6 Å². The summed E-state index contributed by atoms with van der Waals surface area (Å²) in [5, 5.41) is 7.00. The van der Waals surface area contributed by atoms with E-state index < -0.39 is 0 Å². The van der Waals surface area contributed by atoms with Crippen molar-refractivity contribution in [1.29, 1.82) is 0 Å². The van der Waals surface area contributed by atoms with Crippen LogP contribution in [0.5, 0.6) is 0 Å². The second-order valence-corrected chi connectivity index (χ2v) is 5.60. The standard InChI is InChI=1S/C9H16S.C3H6.CH4O/c1-9-5-2-3-8(9)4-6-10-7-9;1-3-2;1-2/h8H,2-7H2,1H3;3H,1H2,2H3;2H,1H3. The number of thioether (sulfide) groups is 1. The van der Waals surface area contributed by atoms with E-state index in [1.807, 2.05) is 6.92 Å². The summed E-state index contributed by atoms with van der Waals surface area (Å²) >= 11 is 2.17. The van der Waals surface area contributed by atoms with Gasteiger partial charge in [0.05, 0.1) is 0 Å². The van der Waals surface area contributed by atoms with Crippen LogP contribution >= 0.6 is 11.8 Å². The molecule has 1 nitrogen and oxygen atoms in total. The number of fused-ring (bicyclic) bond motifs is 1. The topological polar surface area (TPSA) is 20.2 Å². The van der Waals surface area contributed by atoms with Gasteiger partial charge in [-0.15, -0.1) is 6.58 Å². The Labute approximate surface area is 99.3 Å². The van der Waals surface area contributed by atoms with Crippen molar-refractivity contribution in [3.63, 3.8) is 0 Å². The van der Waals surface area contributed by atoms with Gasteiger partial charge in [0.1, 0.15) is 0 Å². The number of allylic oxidation sites excluding steroid dienone is 1. The van der Waals surface area contributed by atoms with Crippen molar-refractivity contribution in [2.45, 2.75) is 39.5 Å². The maximum absolute atomic E-state index is 7.00. The zero-order chi connectivity index (χ0) is 11.7. The largest absolute Gasteiger partial charge is 0.400 e. The molecule has 2 aliphatic rings. The zero-order valence-corrected chi connectivity index (χ0v) is 11.3. The lowest BCUT2D eigenvalue weighted by Crippen LogP contribution is -2.28. The van der Waals surface area contributed by atoms with E-state index in [4.69, 9.17) is 5.11 Å². The fourth-order valence-corrected chi connectivity index (χ4v) is 3.96. The Kier molecular flexibility index (Phi) is 8.26. The summed E-state index contributed by atoms with van der Waals surface area (Å²) in [6.45, 7) is 7.75. The molecular formula is C13H26OS. The van der Waals surface area contributed by atoms with Crippen LogP contribution in [0.15, 0.2) is 12.7 Å². The third-order valence-corrected chi connectivity index (χ3v) is 4.72. The second-order valence-electron chi connectivity index (χ2n) is 4.49. The van der Waals surface area contributed by atoms with Crippen molar-refractivity contribution < 1.29 is 5.11 Å². The van der Waals surface area contributed by atoms with E-state index in [0.717, 1.165) is 18.4 Å². The normalized spacial score (nSPS) is 32.7. The van der Waals surface area contributed by atoms with Gasteiger partial charge < -0.3 is 5.11 Å². The van der Waals surface area contributed by atoms with E-state index in [9.17, 15) is 0 Å². The molecule has 2 atom stereocenters. The third-order valence-electron chi connectivity index (χ3n) is 3.33. The highest BCUT2D eigenvalue weighted by atomic mass is 32.2. The quantitative estimate of drug-likeness (QED) is 0.640. The summed E-state index contributed by atoms with van der Waals surface area (Å²) in [5.74, 6) is 3.96. The van der Waals surface area contributed by atoms with Gasteiger partial charge in [0.15, 0.2) is 0 Å². The maximum atomic E-state index is 7.00. The first-order valence-electron chi connectivity index (χ1n) is 5.82. The number of hydrogen-bond acceptors (Lipinski definition) is 2. The first-order chi connectivity index (χ1) is 7.23. The van der Waals surface area contributed by atoms with Crippen molar-refractivity contribution >= 4 is 11.8 Å². The molecule has 1 aliphatic heterocycles. The molecule has 0 radical (unpaired) electrons.